The summed E-state index contributed by atoms with van der Waals surface area (Å²) < 4.78 is 5.56. The van der Waals surface area contributed by atoms with Gasteiger partial charge in [0.25, 0.3) is 0 Å². The molecule has 1 saturated heterocycles. The molecular formula is C11H21N3O3. The Bertz CT molecular complexity index is 273. The molecule has 0 aromatic heterocycles. The average Bonchev–Trinajstić information content (AvgIpc) is 2.14. The molecule has 1 aliphatic rings. The van der Waals surface area contributed by atoms with Crippen molar-refractivity contribution in [3.8, 4) is 0 Å². The lowest BCUT2D eigenvalue weighted by atomic mass is 10.2. The molecule has 1 rings (SSSR count). The SMILES string of the molecule is CCNC(=O)NC(=O)CN1C[C@@H](C)O[C@H](C)C1. The van der Waals surface area contributed by atoms with Crippen molar-refractivity contribution in [2.45, 2.75) is 33.0 Å². The summed E-state index contributed by atoms with van der Waals surface area (Å²) in [5.41, 5.74) is 0. The van der Waals surface area contributed by atoms with Gasteiger partial charge < -0.3 is 10.1 Å². The van der Waals surface area contributed by atoms with Gasteiger partial charge in [0.05, 0.1) is 18.8 Å². The van der Waals surface area contributed by atoms with E-state index in [4.69, 9.17) is 4.74 Å². The van der Waals surface area contributed by atoms with Crippen molar-refractivity contribution in [1.82, 2.24) is 15.5 Å². The van der Waals surface area contributed by atoms with Crippen molar-refractivity contribution >= 4 is 11.9 Å². The number of imide groups is 1. The van der Waals surface area contributed by atoms with Crippen LogP contribution >= 0.6 is 0 Å². The number of hydrogen-bond acceptors (Lipinski definition) is 4. The van der Waals surface area contributed by atoms with Crippen LogP contribution in [0.15, 0.2) is 0 Å². The molecule has 0 unspecified atom stereocenters. The third-order valence-electron chi connectivity index (χ3n) is 2.45. The Kier molecular flexibility index (Phi) is 5.37. The van der Waals surface area contributed by atoms with Crippen LogP contribution in [0.3, 0.4) is 0 Å². The van der Waals surface area contributed by atoms with Gasteiger partial charge in [-0.2, -0.15) is 0 Å². The Labute approximate surface area is 102 Å². The van der Waals surface area contributed by atoms with E-state index in [1.165, 1.54) is 0 Å². The van der Waals surface area contributed by atoms with Crippen LogP contribution in [0, 0.1) is 0 Å². The number of urea groups is 1. The maximum absolute atomic E-state index is 11.6. The van der Waals surface area contributed by atoms with Crippen LogP contribution in [0.5, 0.6) is 0 Å². The van der Waals surface area contributed by atoms with Crippen LogP contribution in [0.1, 0.15) is 20.8 Å². The van der Waals surface area contributed by atoms with Gasteiger partial charge >= 0.3 is 6.03 Å². The predicted molar refractivity (Wildman–Crippen MR) is 63.7 cm³/mol. The Morgan fingerprint density at radius 3 is 2.41 bits per heavy atom. The quantitative estimate of drug-likeness (QED) is 0.728. The van der Waals surface area contributed by atoms with Crippen LogP contribution < -0.4 is 10.6 Å². The summed E-state index contributed by atoms with van der Waals surface area (Å²) in [6, 6.07) is -0.438. The number of rotatable bonds is 3. The molecule has 3 amide bonds. The maximum Gasteiger partial charge on any atom is 0.321 e. The van der Waals surface area contributed by atoms with Crippen molar-refractivity contribution in [2.24, 2.45) is 0 Å². The number of carbonyl (C=O) groups is 2. The second-order valence-corrected chi connectivity index (χ2v) is 4.36. The van der Waals surface area contributed by atoms with E-state index in [2.05, 4.69) is 10.6 Å². The van der Waals surface area contributed by atoms with Crippen molar-refractivity contribution in [3.05, 3.63) is 0 Å². The zero-order chi connectivity index (χ0) is 12.8. The number of carbonyl (C=O) groups excluding carboxylic acids is 2. The number of nitrogens with zero attached hydrogens (tertiary/aromatic N) is 1. The van der Waals surface area contributed by atoms with E-state index in [9.17, 15) is 9.59 Å². The Hall–Kier alpha value is -1.14. The van der Waals surface area contributed by atoms with E-state index >= 15 is 0 Å². The Morgan fingerprint density at radius 1 is 1.29 bits per heavy atom. The first-order valence-electron chi connectivity index (χ1n) is 5.96. The largest absolute Gasteiger partial charge is 0.373 e. The Morgan fingerprint density at radius 2 is 1.88 bits per heavy atom. The van der Waals surface area contributed by atoms with Gasteiger partial charge in [-0.25, -0.2) is 4.79 Å². The molecule has 1 aliphatic heterocycles. The molecule has 0 radical (unpaired) electrons. The second-order valence-electron chi connectivity index (χ2n) is 4.36. The first-order chi connectivity index (χ1) is 8.01. The van der Waals surface area contributed by atoms with Crippen LogP contribution in [0.2, 0.25) is 0 Å². The van der Waals surface area contributed by atoms with E-state index in [0.717, 1.165) is 0 Å². The lowest BCUT2D eigenvalue weighted by Crippen LogP contribution is -2.50. The normalized spacial score (nSPS) is 25.4. The highest BCUT2D eigenvalue weighted by Crippen LogP contribution is 2.09. The summed E-state index contributed by atoms with van der Waals surface area (Å²) in [5, 5.41) is 4.80. The average molecular weight is 243 g/mol. The molecule has 2 N–H and O–H groups in total. The first kappa shape index (κ1) is 13.9. The van der Waals surface area contributed by atoms with E-state index in [1.54, 1.807) is 6.92 Å². The molecule has 0 aromatic carbocycles. The summed E-state index contributed by atoms with van der Waals surface area (Å²) in [4.78, 5) is 24.7. The lowest BCUT2D eigenvalue weighted by molar-refractivity contribution is -0.124. The third kappa shape index (κ3) is 5.14. The van der Waals surface area contributed by atoms with E-state index < -0.39 is 6.03 Å². The highest BCUT2D eigenvalue weighted by Gasteiger charge is 2.23. The van der Waals surface area contributed by atoms with Gasteiger partial charge in [0.2, 0.25) is 5.91 Å². The molecule has 0 aromatic rings. The smallest absolute Gasteiger partial charge is 0.321 e. The molecular weight excluding hydrogens is 222 g/mol. The van der Waals surface area contributed by atoms with Crippen molar-refractivity contribution in [2.75, 3.05) is 26.2 Å². The van der Waals surface area contributed by atoms with Crippen LogP contribution in [0.25, 0.3) is 0 Å². The monoisotopic (exact) mass is 243 g/mol. The van der Waals surface area contributed by atoms with Gasteiger partial charge in [-0.3, -0.25) is 15.0 Å². The maximum atomic E-state index is 11.6. The molecule has 0 bridgehead atoms. The summed E-state index contributed by atoms with van der Waals surface area (Å²) in [6.45, 7) is 7.92. The minimum atomic E-state index is -0.438. The zero-order valence-corrected chi connectivity index (χ0v) is 10.7. The molecule has 6 nitrogen and oxygen atoms in total. The number of ether oxygens (including phenoxy) is 1. The standard InChI is InChI=1S/C11H21N3O3/c1-4-12-11(16)13-10(15)7-14-5-8(2)17-9(3)6-14/h8-9H,4-7H2,1-3H3,(H2,12,13,15,16)/t8-,9-/m1/s1. The zero-order valence-electron chi connectivity index (χ0n) is 10.7. The minimum Gasteiger partial charge on any atom is -0.373 e. The van der Waals surface area contributed by atoms with Gasteiger partial charge in [-0.05, 0) is 20.8 Å². The van der Waals surface area contributed by atoms with Crippen LogP contribution in [0.4, 0.5) is 4.79 Å². The third-order valence-corrected chi connectivity index (χ3v) is 2.45. The van der Waals surface area contributed by atoms with Crippen molar-refractivity contribution in [1.29, 1.82) is 0 Å². The lowest BCUT2D eigenvalue weighted by Gasteiger charge is -2.34. The number of nitrogens with one attached hydrogen (secondary N) is 2. The number of morpholine rings is 1. The Balaban J connectivity index is 2.32. The highest BCUT2D eigenvalue weighted by molar-refractivity contribution is 5.95. The predicted octanol–water partition coefficient (Wildman–Crippen LogP) is -0.0587. The second kappa shape index (κ2) is 6.56. The fourth-order valence-corrected chi connectivity index (χ4v) is 1.99. The molecule has 0 aliphatic carbocycles. The number of hydrogen-bond donors (Lipinski definition) is 2. The van der Waals surface area contributed by atoms with E-state index in [-0.39, 0.29) is 24.7 Å². The van der Waals surface area contributed by atoms with Crippen LogP contribution in [-0.4, -0.2) is 55.2 Å². The summed E-state index contributed by atoms with van der Waals surface area (Å²) in [6.07, 6.45) is 0.243. The topological polar surface area (TPSA) is 70.7 Å². The van der Waals surface area contributed by atoms with Crippen molar-refractivity contribution in [3.63, 3.8) is 0 Å². The van der Waals surface area contributed by atoms with Gasteiger partial charge in [0.15, 0.2) is 0 Å². The molecule has 1 fully saturated rings. The van der Waals surface area contributed by atoms with Gasteiger partial charge in [-0.1, -0.05) is 0 Å². The molecule has 2 atom stereocenters. The molecule has 6 heteroatoms. The summed E-state index contributed by atoms with van der Waals surface area (Å²) >= 11 is 0. The van der Waals surface area contributed by atoms with Crippen molar-refractivity contribution < 1.29 is 14.3 Å². The fourth-order valence-electron chi connectivity index (χ4n) is 1.99. The van der Waals surface area contributed by atoms with E-state index in [1.807, 2.05) is 18.7 Å². The van der Waals surface area contributed by atoms with E-state index in [0.29, 0.717) is 19.6 Å². The summed E-state index contributed by atoms with van der Waals surface area (Å²) in [5.74, 6) is -0.280. The highest BCUT2D eigenvalue weighted by atomic mass is 16.5. The fraction of sp³-hybridized carbons (Fsp3) is 0.818. The number of amides is 3. The van der Waals surface area contributed by atoms with Gasteiger partial charge in [0.1, 0.15) is 0 Å². The minimum absolute atomic E-state index is 0.121. The molecule has 1 heterocycles. The summed E-state index contributed by atoms with van der Waals surface area (Å²) in [7, 11) is 0. The van der Waals surface area contributed by atoms with Crippen LogP contribution in [-0.2, 0) is 9.53 Å². The molecule has 0 spiro atoms. The molecule has 17 heavy (non-hydrogen) atoms. The van der Waals surface area contributed by atoms with Gasteiger partial charge in [0, 0.05) is 19.6 Å². The first-order valence-corrected chi connectivity index (χ1v) is 5.96. The van der Waals surface area contributed by atoms with Gasteiger partial charge in [-0.15, -0.1) is 0 Å². The molecule has 0 saturated carbocycles. The molecule has 98 valence electrons.